The maximum Gasteiger partial charge on any atom is 0.338 e. The quantitative estimate of drug-likeness (QED) is 0.0601. The van der Waals surface area contributed by atoms with Gasteiger partial charge in [0.05, 0.1) is 30.4 Å². The molecule has 2 heterocycles. The third-order valence-electron chi connectivity index (χ3n) is 11.0. The van der Waals surface area contributed by atoms with E-state index in [4.69, 9.17) is 42.3 Å². The predicted molar refractivity (Wildman–Crippen MR) is 226 cm³/mol. The number of hydrogen-bond acceptors (Lipinski definition) is 12. The van der Waals surface area contributed by atoms with E-state index in [-0.39, 0.29) is 22.8 Å². The molecule has 318 valence electrons. The Balaban J connectivity index is 1.27. The Kier molecular flexibility index (Phi) is 13.1. The number of hydrogen-bond donors (Lipinski definition) is 0. The highest BCUT2D eigenvalue weighted by molar-refractivity contribution is 6.74. The Labute approximate surface area is 356 Å². The molecule has 61 heavy (non-hydrogen) atoms. The molecule has 2 aliphatic heterocycles. The van der Waals surface area contributed by atoms with Crippen LogP contribution in [-0.4, -0.2) is 70.6 Å². The fourth-order valence-corrected chi connectivity index (χ4v) is 7.67. The first kappa shape index (κ1) is 43.3. The van der Waals surface area contributed by atoms with Crippen molar-refractivity contribution in [1.82, 2.24) is 0 Å². The molecule has 13 heteroatoms. The van der Waals surface area contributed by atoms with Gasteiger partial charge in [-0.05, 0) is 66.7 Å². The van der Waals surface area contributed by atoms with Gasteiger partial charge in [-0.15, -0.1) is 0 Å². The normalized spacial score (nSPS) is 22.4. The highest BCUT2D eigenvalue weighted by atomic mass is 28.4. The first-order chi connectivity index (χ1) is 29.3. The Morgan fingerprint density at radius 2 is 1.20 bits per heavy atom. The number of fused-ring (bicyclic) bond motifs is 1. The molecule has 7 rings (SSSR count). The molecule has 0 radical (unpaired) electrons. The van der Waals surface area contributed by atoms with Crippen LogP contribution in [-0.2, 0) is 45.7 Å². The smallest absolute Gasteiger partial charge is 0.338 e. The number of carbonyl (C=O) groups excluding carboxylic acids is 3. The maximum absolute atomic E-state index is 13.9. The van der Waals surface area contributed by atoms with Gasteiger partial charge in [0.2, 0.25) is 8.32 Å². The number of carbonyl (C=O) groups is 3. The summed E-state index contributed by atoms with van der Waals surface area (Å²) >= 11 is 0. The molecule has 0 saturated carbocycles. The molecule has 2 aliphatic rings. The van der Waals surface area contributed by atoms with E-state index in [9.17, 15) is 14.4 Å². The fourth-order valence-electron chi connectivity index (χ4n) is 6.62. The van der Waals surface area contributed by atoms with E-state index in [0.29, 0.717) is 28.2 Å². The molecule has 1 unspecified atom stereocenters. The van der Waals surface area contributed by atoms with E-state index >= 15 is 0 Å². The van der Waals surface area contributed by atoms with Crippen molar-refractivity contribution in [3.8, 4) is 11.5 Å². The van der Waals surface area contributed by atoms with Gasteiger partial charge in [0.1, 0.15) is 24.2 Å². The van der Waals surface area contributed by atoms with Crippen molar-refractivity contribution in [2.45, 2.75) is 82.2 Å². The number of esters is 3. The average Bonchev–Trinajstić information content (AvgIpc) is 3.66. The van der Waals surface area contributed by atoms with Crippen LogP contribution in [0.4, 0.5) is 0 Å². The molecule has 2 fully saturated rings. The summed E-state index contributed by atoms with van der Waals surface area (Å²) < 4.78 is 57.3. The van der Waals surface area contributed by atoms with E-state index in [2.05, 4.69) is 33.9 Å². The van der Waals surface area contributed by atoms with Gasteiger partial charge in [0.15, 0.2) is 24.6 Å². The lowest BCUT2D eigenvalue weighted by Crippen LogP contribution is -2.60. The molecule has 0 N–H and O–H groups in total. The first-order valence-corrected chi connectivity index (χ1v) is 23.0. The van der Waals surface area contributed by atoms with Crippen molar-refractivity contribution < 1.29 is 56.7 Å². The van der Waals surface area contributed by atoms with Gasteiger partial charge >= 0.3 is 23.9 Å². The third-order valence-corrected chi connectivity index (χ3v) is 15.4. The second-order valence-electron chi connectivity index (χ2n) is 16.2. The van der Waals surface area contributed by atoms with Crippen LogP contribution in [0.25, 0.3) is 0 Å². The van der Waals surface area contributed by atoms with E-state index < -0.39 is 69.5 Å². The lowest BCUT2D eigenvalue weighted by molar-refractivity contribution is -0.371. The Hall–Kier alpha value is -5.83. The zero-order valence-corrected chi connectivity index (χ0v) is 36.0. The third kappa shape index (κ3) is 9.88. The van der Waals surface area contributed by atoms with Gasteiger partial charge in [0, 0.05) is 17.2 Å². The van der Waals surface area contributed by atoms with E-state index in [0.717, 1.165) is 0 Å². The first-order valence-electron chi connectivity index (χ1n) is 20.1. The lowest BCUT2D eigenvalue weighted by Gasteiger charge is -2.41. The van der Waals surface area contributed by atoms with Crippen molar-refractivity contribution in [1.29, 1.82) is 0 Å². The molecule has 5 aromatic carbocycles. The topological polar surface area (TPSA) is 134 Å². The summed E-state index contributed by atoms with van der Waals surface area (Å²) in [5, 5.41) is -0.108. The van der Waals surface area contributed by atoms with Crippen molar-refractivity contribution in [3.63, 3.8) is 0 Å². The lowest BCUT2D eigenvalue weighted by atomic mass is 9.98. The molecule has 0 aliphatic carbocycles. The molecule has 0 bridgehead atoms. The number of ether oxygens (including phenoxy) is 8. The van der Waals surface area contributed by atoms with Crippen LogP contribution in [0, 0.1) is 0 Å². The van der Waals surface area contributed by atoms with Gasteiger partial charge in [-0.3, -0.25) is 4.74 Å². The molecule has 0 aromatic heterocycles. The molecular formula is C48H50O12Si. The highest BCUT2D eigenvalue weighted by Gasteiger charge is 2.62. The van der Waals surface area contributed by atoms with Crippen LogP contribution < -0.4 is 9.16 Å². The predicted octanol–water partition coefficient (Wildman–Crippen LogP) is 8.85. The second kappa shape index (κ2) is 18.4. The Morgan fingerprint density at radius 3 is 1.74 bits per heavy atom. The van der Waals surface area contributed by atoms with Crippen molar-refractivity contribution >= 4 is 26.2 Å². The standard InChI is InChI=1S/C48H50O12Si/c1-47(2,3)61(5,6)60-38-29-37(52-4)28-27-35(38)30-54-48(36-25-17-10-18-26-36)58-42-41(57-45(51)34-23-15-9-16-24-34)40(56-44(50)33-21-13-8-14-22-33)39(55-46(42)59-48)31-53-43(49)32-19-11-7-12-20-32/h7-29,39-42,46H,30-31H2,1-6H3/t39-,40-,41+,42-,46-,48?/m1/s1. The van der Waals surface area contributed by atoms with Crippen LogP contribution in [0.15, 0.2) is 140 Å². The zero-order chi connectivity index (χ0) is 43.2. The summed E-state index contributed by atoms with van der Waals surface area (Å²) in [5.41, 5.74) is 1.93. The molecule has 0 amide bonds. The largest absolute Gasteiger partial charge is 0.543 e. The van der Waals surface area contributed by atoms with Crippen LogP contribution in [0.2, 0.25) is 18.1 Å². The Bertz CT molecular complexity index is 2270. The van der Waals surface area contributed by atoms with Gasteiger partial charge in [-0.2, -0.15) is 0 Å². The minimum Gasteiger partial charge on any atom is -0.543 e. The van der Waals surface area contributed by atoms with E-state index in [1.165, 1.54) is 0 Å². The van der Waals surface area contributed by atoms with Crippen LogP contribution in [0.1, 0.15) is 63.0 Å². The number of rotatable bonds is 14. The molecule has 5 aromatic rings. The highest BCUT2D eigenvalue weighted by Crippen LogP contribution is 2.46. The van der Waals surface area contributed by atoms with Gasteiger partial charge in [0.25, 0.3) is 0 Å². The van der Waals surface area contributed by atoms with Crippen LogP contribution in [0.3, 0.4) is 0 Å². The summed E-state index contributed by atoms with van der Waals surface area (Å²) in [5.74, 6) is -2.85. The zero-order valence-electron chi connectivity index (χ0n) is 35.0. The van der Waals surface area contributed by atoms with E-state index in [1.54, 1.807) is 122 Å². The van der Waals surface area contributed by atoms with Crippen molar-refractivity contribution in [2.24, 2.45) is 0 Å². The summed E-state index contributed by atoms with van der Waals surface area (Å²) in [6, 6.07) is 39.7. The summed E-state index contributed by atoms with van der Waals surface area (Å²) in [4.78, 5) is 41.0. The van der Waals surface area contributed by atoms with E-state index in [1.807, 2.05) is 24.3 Å². The second-order valence-corrected chi connectivity index (χ2v) is 21.0. The number of methoxy groups -OCH3 is 1. The number of benzene rings is 5. The molecule has 2 saturated heterocycles. The Morgan fingerprint density at radius 1 is 0.672 bits per heavy atom. The molecule has 12 nitrogen and oxygen atoms in total. The summed E-state index contributed by atoms with van der Waals surface area (Å²) in [7, 11) is -0.752. The van der Waals surface area contributed by atoms with Crippen LogP contribution in [0.5, 0.6) is 11.5 Å². The van der Waals surface area contributed by atoms with Crippen molar-refractivity contribution in [2.75, 3.05) is 13.7 Å². The fraction of sp³-hybridized carbons (Fsp3) is 0.312. The average molecular weight is 847 g/mol. The van der Waals surface area contributed by atoms with Gasteiger partial charge in [-0.25, -0.2) is 14.4 Å². The van der Waals surface area contributed by atoms with Gasteiger partial charge < -0.3 is 37.6 Å². The minimum absolute atomic E-state index is 0.0682. The SMILES string of the molecule is COc1ccc(COC2(c3ccccc3)O[C@H]3O[C@H](COC(=O)c4ccccc4)[C@@H](OC(=O)c4ccccc4)[C@H](OC(=O)c4ccccc4)[C@H]3O2)c(O[Si](C)(C)C(C)(C)C)c1. The molecular weight excluding hydrogens is 797 g/mol. The summed E-state index contributed by atoms with van der Waals surface area (Å²) in [6.45, 7) is 10.3. The monoisotopic (exact) mass is 846 g/mol. The maximum atomic E-state index is 13.9. The molecule has 0 spiro atoms. The van der Waals surface area contributed by atoms with Crippen LogP contribution >= 0.6 is 0 Å². The van der Waals surface area contributed by atoms with Crippen molar-refractivity contribution in [3.05, 3.63) is 167 Å². The van der Waals surface area contributed by atoms with Gasteiger partial charge in [-0.1, -0.05) is 106 Å². The minimum atomic E-state index is -2.34. The summed E-state index contributed by atoms with van der Waals surface area (Å²) in [6.07, 6.45) is -6.48. The molecule has 6 atom stereocenters.